The van der Waals surface area contributed by atoms with Crippen molar-refractivity contribution in [1.29, 1.82) is 0 Å². The fourth-order valence-corrected chi connectivity index (χ4v) is 5.55. The van der Waals surface area contributed by atoms with E-state index in [0.717, 1.165) is 5.56 Å². The summed E-state index contributed by atoms with van der Waals surface area (Å²) in [6, 6.07) is 17.9. The molecule has 0 radical (unpaired) electrons. The highest BCUT2D eigenvalue weighted by atomic mass is 32.2. The molecule has 1 amide bonds. The Morgan fingerprint density at radius 3 is 2.31 bits per heavy atom. The molecule has 0 saturated carbocycles. The van der Waals surface area contributed by atoms with Crippen molar-refractivity contribution >= 4 is 21.9 Å². The minimum Gasteiger partial charge on any atom is -0.497 e. The fourth-order valence-electron chi connectivity index (χ4n) is 3.93. The molecule has 0 aliphatic carbocycles. The van der Waals surface area contributed by atoms with Crippen LogP contribution in [0.2, 0.25) is 0 Å². The molecule has 0 aliphatic rings. The van der Waals surface area contributed by atoms with Crippen molar-refractivity contribution in [1.82, 2.24) is 14.6 Å². The number of anilines is 1. The summed E-state index contributed by atoms with van der Waals surface area (Å²) >= 11 is 0. The summed E-state index contributed by atoms with van der Waals surface area (Å²) in [5, 5.41) is 14.0. The van der Waals surface area contributed by atoms with Crippen LogP contribution in [0.25, 0.3) is 0 Å². The van der Waals surface area contributed by atoms with Gasteiger partial charge in [0.05, 0.1) is 24.2 Å². The lowest BCUT2D eigenvalue weighted by molar-refractivity contribution is 0.0873. The van der Waals surface area contributed by atoms with Gasteiger partial charge in [0.15, 0.2) is 0 Å². The van der Waals surface area contributed by atoms with Crippen LogP contribution >= 0.6 is 0 Å². The number of alkyl carbamates (subject to hydrolysis) is 1. The Labute approximate surface area is 229 Å². The molecule has 0 bridgehead atoms. The van der Waals surface area contributed by atoms with Crippen LogP contribution in [-0.4, -0.2) is 61.3 Å². The molecule has 11 heteroatoms. The summed E-state index contributed by atoms with van der Waals surface area (Å²) < 4.78 is 38.8. The van der Waals surface area contributed by atoms with Gasteiger partial charge in [0.2, 0.25) is 10.0 Å². The van der Waals surface area contributed by atoms with Gasteiger partial charge in [0.1, 0.15) is 18.2 Å². The highest BCUT2D eigenvalue weighted by Gasteiger charge is 2.31. The number of aliphatic hydroxyl groups excluding tert-OH is 1. The number of aliphatic hydroxyl groups is 1. The second-order valence-corrected chi connectivity index (χ2v) is 11.5. The number of rotatable bonds is 13. The Morgan fingerprint density at radius 2 is 1.72 bits per heavy atom. The zero-order valence-electron chi connectivity index (χ0n) is 22.4. The lowest BCUT2D eigenvalue weighted by Crippen LogP contribution is -2.51. The van der Waals surface area contributed by atoms with Crippen molar-refractivity contribution in [2.75, 3.05) is 25.9 Å². The Kier molecular flexibility index (Phi) is 10.7. The number of benzene rings is 2. The molecular formula is C28H36N4O6S. The number of nitrogen functional groups attached to an aromatic ring is 1. The minimum atomic E-state index is -3.94. The number of carbonyl (C=O) groups is 1. The van der Waals surface area contributed by atoms with Crippen LogP contribution in [0.1, 0.15) is 25.0 Å². The Balaban J connectivity index is 1.78. The van der Waals surface area contributed by atoms with Crippen molar-refractivity contribution in [2.45, 2.75) is 43.9 Å². The molecule has 0 aliphatic heterocycles. The molecule has 10 nitrogen and oxygen atoms in total. The lowest BCUT2D eigenvalue weighted by Gasteiger charge is -2.30. The van der Waals surface area contributed by atoms with Crippen LogP contribution in [0.15, 0.2) is 77.8 Å². The first-order valence-corrected chi connectivity index (χ1v) is 14.0. The van der Waals surface area contributed by atoms with E-state index in [1.165, 1.54) is 29.7 Å². The highest BCUT2D eigenvalue weighted by Crippen LogP contribution is 2.22. The number of aromatic nitrogens is 1. The van der Waals surface area contributed by atoms with Gasteiger partial charge in [-0.25, -0.2) is 18.2 Å². The van der Waals surface area contributed by atoms with E-state index in [2.05, 4.69) is 10.3 Å². The summed E-state index contributed by atoms with van der Waals surface area (Å²) in [6.07, 6.45) is -0.214. The Hall–Kier alpha value is -3.67. The molecule has 0 spiro atoms. The number of pyridine rings is 1. The first kappa shape index (κ1) is 29.9. The van der Waals surface area contributed by atoms with E-state index in [-0.39, 0.29) is 36.9 Å². The number of amides is 1. The highest BCUT2D eigenvalue weighted by molar-refractivity contribution is 7.89. The Bertz CT molecular complexity index is 1290. The van der Waals surface area contributed by atoms with Gasteiger partial charge in [0.25, 0.3) is 0 Å². The summed E-state index contributed by atoms with van der Waals surface area (Å²) in [6.45, 7) is 3.70. The van der Waals surface area contributed by atoms with Gasteiger partial charge in [-0.1, -0.05) is 50.2 Å². The average molecular weight is 557 g/mol. The average Bonchev–Trinajstić information content (AvgIpc) is 2.92. The molecule has 0 saturated heterocycles. The third kappa shape index (κ3) is 8.95. The van der Waals surface area contributed by atoms with Crippen molar-refractivity contribution in [3.8, 4) is 5.75 Å². The number of nitrogens with zero attached hydrogens (tertiary/aromatic N) is 2. The maximum Gasteiger partial charge on any atom is 0.407 e. The molecule has 1 heterocycles. The molecule has 2 atom stereocenters. The van der Waals surface area contributed by atoms with Crippen LogP contribution in [0, 0.1) is 5.92 Å². The van der Waals surface area contributed by atoms with Gasteiger partial charge in [-0.15, -0.1) is 0 Å². The second-order valence-electron chi connectivity index (χ2n) is 9.57. The molecule has 210 valence electrons. The monoisotopic (exact) mass is 556 g/mol. The third-order valence-electron chi connectivity index (χ3n) is 5.94. The van der Waals surface area contributed by atoms with Gasteiger partial charge in [0, 0.05) is 24.8 Å². The second kappa shape index (κ2) is 13.9. The van der Waals surface area contributed by atoms with Crippen molar-refractivity contribution in [2.24, 2.45) is 5.92 Å². The molecule has 0 fully saturated rings. The van der Waals surface area contributed by atoms with E-state index in [0.29, 0.717) is 17.1 Å². The molecular weight excluding hydrogens is 520 g/mol. The van der Waals surface area contributed by atoms with Crippen LogP contribution in [0.5, 0.6) is 5.75 Å². The zero-order valence-corrected chi connectivity index (χ0v) is 23.2. The van der Waals surface area contributed by atoms with Crippen LogP contribution < -0.4 is 15.8 Å². The minimum absolute atomic E-state index is 0.00996. The number of hydrogen-bond acceptors (Lipinski definition) is 8. The molecule has 39 heavy (non-hydrogen) atoms. The molecule has 1 aromatic heterocycles. The van der Waals surface area contributed by atoms with E-state index in [1.807, 2.05) is 44.2 Å². The maximum atomic E-state index is 13.5. The molecule has 2 aromatic carbocycles. The molecule has 3 rings (SSSR count). The number of methoxy groups -OCH3 is 1. The predicted molar refractivity (Wildman–Crippen MR) is 149 cm³/mol. The largest absolute Gasteiger partial charge is 0.497 e. The topological polar surface area (TPSA) is 144 Å². The van der Waals surface area contributed by atoms with Gasteiger partial charge in [-0.2, -0.15) is 4.31 Å². The van der Waals surface area contributed by atoms with Crippen molar-refractivity contribution in [3.63, 3.8) is 0 Å². The molecule has 3 aromatic rings. The molecule has 4 N–H and O–H groups in total. The van der Waals surface area contributed by atoms with Crippen LogP contribution in [0.3, 0.4) is 0 Å². The lowest BCUT2D eigenvalue weighted by atomic mass is 10.0. The van der Waals surface area contributed by atoms with E-state index in [1.54, 1.807) is 24.3 Å². The normalized spacial score (nSPS) is 13.2. The van der Waals surface area contributed by atoms with Gasteiger partial charge >= 0.3 is 6.09 Å². The fraction of sp³-hybridized carbons (Fsp3) is 0.357. The number of nitrogens with one attached hydrogen (secondary N) is 1. The summed E-state index contributed by atoms with van der Waals surface area (Å²) in [5.74, 6) is 0.874. The quantitative estimate of drug-likeness (QED) is 0.291. The van der Waals surface area contributed by atoms with Gasteiger partial charge < -0.3 is 25.6 Å². The predicted octanol–water partition coefficient (Wildman–Crippen LogP) is 3.22. The number of sulfonamides is 1. The first-order chi connectivity index (χ1) is 18.6. The number of hydrogen-bond donors (Lipinski definition) is 3. The number of nitrogens with two attached hydrogens (primary N) is 1. The van der Waals surface area contributed by atoms with E-state index < -0.39 is 28.3 Å². The van der Waals surface area contributed by atoms with Gasteiger partial charge in [-0.3, -0.25) is 0 Å². The SMILES string of the molecule is COc1ccc(S(=O)(=O)N(CC(C)C)CC(O)[C@H](Cc2ccccc2)NC(=O)OCc2ccc(N)nc2)cc1. The molecule has 1 unspecified atom stereocenters. The van der Waals surface area contributed by atoms with Gasteiger partial charge in [-0.05, 0) is 48.2 Å². The number of ether oxygens (including phenoxy) is 2. The van der Waals surface area contributed by atoms with Crippen LogP contribution in [-0.2, 0) is 27.8 Å². The Morgan fingerprint density at radius 1 is 1.03 bits per heavy atom. The van der Waals surface area contributed by atoms with E-state index in [4.69, 9.17) is 15.2 Å². The smallest absolute Gasteiger partial charge is 0.407 e. The summed E-state index contributed by atoms with van der Waals surface area (Å²) in [7, 11) is -2.44. The van der Waals surface area contributed by atoms with Crippen molar-refractivity contribution < 1.29 is 27.8 Å². The standard InChI is InChI=1S/C28H36N4O6S/c1-20(2)17-32(39(35,36)24-12-10-23(37-3)11-13-24)18-26(33)25(15-21-7-5-4-6-8-21)31-28(34)38-19-22-9-14-27(29)30-16-22/h4-14,16,20,25-26,33H,15,17-19H2,1-3H3,(H2,29,30)(H,31,34)/t25-,26?/m0/s1. The van der Waals surface area contributed by atoms with Crippen molar-refractivity contribution in [3.05, 3.63) is 84.1 Å². The van der Waals surface area contributed by atoms with E-state index in [9.17, 15) is 18.3 Å². The maximum absolute atomic E-state index is 13.5. The third-order valence-corrected chi connectivity index (χ3v) is 7.79. The number of carbonyl (C=O) groups excluding carboxylic acids is 1. The zero-order chi connectivity index (χ0) is 28.4. The summed E-state index contributed by atoms with van der Waals surface area (Å²) in [5.41, 5.74) is 7.10. The van der Waals surface area contributed by atoms with E-state index >= 15 is 0 Å². The van der Waals surface area contributed by atoms with Crippen LogP contribution in [0.4, 0.5) is 10.6 Å². The first-order valence-electron chi connectivity index (χ1n) is 12.6. The summed E-state index contributed by atoms with van der Waals surface area (Å²) in [4.78, 5) is 16.8.